The molecule has 6 nitrogen and oxygen atoms in total. The molecule has 4 aliphatic carbocycles. The van der Waals surface area contributed by atoms with Gasteiger partial charge < -0.3 is 19.7 Å². The lowest BCUT2D eigenvalue weighted by molar-refractivity contribution is -0.253. The molecule has 0 heterocycles. The van der Waals surface area contributed by atoms with Crippen LogP contribution in [0.5, 0.6) is 0 Å². The van der Waals surface area contributed by atoms with Gasteiger partial charge in [-0.05, 0) is 81.5 Å². The van der Waals surface area contributed by atoms with Crippen LogP contribution in [0.15, 0.2) is 0 Å². The van der Waals surface area contributed by atoms with E-state index in [1.54, 1.807) is 0 Å². The molecule has 0 aromatic carbocycles. The second-order valence-electron chi connectivity index (χ2n) is 11.4. The minimum atomic E-state index is -0.949. The summed E-state index contributed by atoms with van der Waals surface area (Å²) >= 11 is 0. The van der Waals surface area contributed by atoms with Crippen LogP contribution in [0.2, 0.25) is 0 Å². The Morgan fingerprint density at radius 2 is 1.68 bits per heavy atom. The predicted molar refractivity (Wildman–Crippen MR) is 115 cm³/mol. The molecule has 0 aromatic rings. The molecule has 0 aromatic heterocycles. The maximum absolute atomic E-state index is 12.2. The third-order valence-corrected chi connectivity index (χ3v) is 10.2. The van der Waals surface area contributed by atoms with Crippen LogP contribution < -0.4 is 0 Å². The van der Waals surface area contributed by atoms with Gasteiger partial charge in [-0.15, -0.1) is 0 Å². The van der Waals surface area contributed by atoms with Gasteiger partial charge in [0.25, 0.3) is 0 Å². The highest BCUT2D eigenvalue weighted by molar-refractivity contribution is 5.66. The van der Waals surface area contributed by atoms with Crippen LogP contribution in [0, 0.1) is 34.5 Å². The van der Waals surface area contributed by atoms with Crippen molar-refractivity contribution < 1.29 is 29.3 Å². The molecule has 3 unspecified atom stereocenters. The zero-order valence-corrected chi connectivity index (χ0v) is 19.7. The number of esters is 2. The summed E-state index contributed by atoms with van der Waals surface area (Å²) in [5.41, 5.74) is -1.59. The van der Waals surface area contributed by atoms with Crippen molar-refractivity contribution in [3.8, 4) is 0 Å². The Balaban J connectivity index is 1.60. The van der Waals surface area contributed by atoms with Crippen molar-refractivity contribution in [3.63, 3.8) is 0 Å². The maximum atomic E-state index is 12.2. The Hall–Kier alpha value is -1.14. The lowest BCUT2D eigenvalue weighted by Gasteiger charge is -2.65. The van der Waals surface area contributed by atoms with Crippen LogP contribution in [0.1, 0.15) is 86.0 Å². The molecule has 0 spiro atoms. The summed E-state index contributed by atoms with van der Waals surface area (Å²) in [7, 11) is 0. The summed E-state index contributed by atoms with van der Waals surface area (Å²) in [6.45, 7) is 9.16. The van der Waals surface area contributed by atoms with E-state index in [4.69, 9.17) is 9.47 Å². The van der Waals surface area contributed by atoms with Gasteiger partial charge in [0, 0.05) is 25.2 Å². The smallest absolute Gasteiger partial charge is 0.302 e. The molecular weight excluding hydrogens is 396 g/mol. The van der Waals surface area contributed by atoms with Gasteiger partial charge in [-0.3, -0.25) is 9.59 Å². The second kappa shape index (κ2) is 7.72. The highest BCUT2D eigenvalue weighted by Gasteiger charge is 2.71. The normalized spacial score (nSPS) is 49.9. The summed E-state index contributed by atoms with van der Waals surface area (Å²) in [6.07, 6.45) is 5.78. The average molecular weight is 437 g/mol. The van der Waals surface area contributed by atoms with Crippen LogP contribution in [0.3, 0.4) is 0 Å². The zero-order chi connectivity index (χ0) is 22.8. The molecule has 0 aliphatic heterocycles. The fourth-order valence-electron chi connectivity index (χ4n) is 8.64. The molecule has 0 bridgehead atoms. The number of hydrogen-bond acceptors (Lipinski definition) is 6. The molecule has 31 heavy (non-hydrogen) atoms. The van der Waals surface area contributed by atoms with Crippen LogP contribution in [-0.2, 0) is 19.1 Å². The lowest BCUT2D eigenvalue weighted by Crippen LogP contribution is -2.67. The van der Waals surface area contributed by atoms with Gasteiger partial charge in [0.05, 0.1) is 11.7 Å². The van der Waals surface area contributed by atoms with Gasteiger partial charge in [-0.25, -0.2) is 0 Å². The molecule has 4 fully saturated rings. The van der Waals surface area contributed by atoms with E-state index in [2.05, 4.69) is 6.92 Å². The standard InChI is InChI=1S/C25H40O6/c1-14(30-15(2)26)19-9-11-25(29)20-7-6-17-12-18(31-16(3)27)8-10-23(17,4)21(20)13-22(28)24(19,25)5/h14,17-22,28-29H,6-13H2,1-5H3/t14?,17-,18-,19+,20?,21?,22-,23-,24-,25-/m0/s1. The molecular formula is C25H40O6. The molecule has 6 heteroatoms. The van der Waals surface area contributed by atoms with Crippen molar-refractivity contribution in [2.24, 2.45) is 34.5 Å². The first-order chi connectivity index (χ1) is 14.4. The van der Waals surface area contributed by atoms with Crippen molar-refractivity contribution in [3.05, 3.63) is 0 Å². The highest BCUT2D eigenvalue weighted by Crippen LogP contribution is 2.69. The number of ether oxygens (including phenoxy) is 2. The van der Waals surface area contributed by atoms with Crippen molar-refractivity contribution in [1.29, 1.82) is 0 Å². The molecule has 10 atom stereocenters. The van der Waals surface area contributed by atoms with Gasteiger partial charge in [0.1, 0.15) is 12.2 Å². The Morgan fingerprint density at radius 1 is 0.968 bits per heavy atom. The van der Waals surface area contributed by atoms with E-state index in [9.17, 15) is 19.8 Å². The Bertz CT molecular complexity index is 738. The van der Waals surface area contributed by atoms with E-state index in [0.29, 0.717) is 18.8 Å². The SMILES string of the molecule is CC(=O)OC(C)[C@H]1CC[C@]2(O)C3CC[C@H]4C[C@@H](OC(C)=O)CC[C@]4(C)C3C[C@H](O)[C@]12C. The number of aliphatic hydroxyl groups is 2. The molecule has 0 amide bonds. The van der Waals surface area contributed by atoms with Gasteiger partial charge in [-0.1, -0.05) is 13.8 Å². The van der Waals surface area contributed by atoms with E-state index in [-0.39, 0.29) is 47.3 Å². The number of aliphatic hydroxyl groups excluding tert-OH is 1. The van der Waals surface area contributed by atoms with E-state index in [1.807, 2.05) is 13.8 Å². The summed E-state index contributed by atoms with van der Waals surface area (Å²) in [6, 6.07) is 0. The van der Waals surface area contributed by atoms with Crippen LogP contribution in [-0.4, -0.2) is 46.1 Å². The Morgan fingerprint density at radius 3 is 2.32 bits per heavy atom. The first-order valence-electron chi connectivity index (χ1n) is 12.2. The number of carbonyl (C=O) groups is 2. The number of hydrogen-bond donors (Lipinski definition) is 2. The van der Waals surface area contributed by atoms with E-state index in [0.717, 1.165) is 38.5 Å². The summed E-state index contributed by atoms with van der Waals surface area (Å²) in [4.78, 5) is 23.0. The molecule has 4 aliphatic rings. The lowest BCUT2D eigenvalue weighted by atomic mass is 9.42. The largest absolute Gasteiger partial charge is 0.463 e. The molecule has 4 rings (SSSR count). The fourth-order valence-corrected chi connectivity index (χ4v) is 8.64. The van der Waals surface area contributed by atoms with Crippen LogP contribution in [0.4, 0.5) is 0 Å². The van der Waals surface area contributed by atoms with Gasteiger partial charge in [0.15, 0.2) is 0 Å². The first kappa shape index (κ1) is 23.0. The van der Waals surface area contributed by atoms with Gasteiger partial charge in [0.2, 0.25) is 0 Å². The minimum Gasteiger partial charge on any atom is -0.463 e. The monoisotopic (exact) mass is 436 g/mol. The Labute approximate surface area is 186 Å². The number of carbonyl (C=O) groups excluding carboxylic acids is 2. The average Bonchev–Trinajstić information content (AvgIpc) is 2.95. The maximum Gasteiger partial charge on any atom is 0.302 e. The molecule has 0 saturated heterocycles. The second-order valence-corrected chi connectivity index (χ2v) is 11.4. The third-order valence-electron chi connectivity index (χ3n) is 10.2. The zero-order valence-electron chi connectivity index (χ0n) is 19.7. The predicted octanol–water partition coefficient (Wildman–Crippen LogP) is 3.61. The topological polar surface area (TPSA) is 93.1 Å². The number of rotatable bonds is 3. The summed E-state index contributed by atoms with van der Waals surface area (Å²) in [5.74, 6) is 0.265. The minimum absolute atomic E-state index is 0.00516. The van der Waals surface area contributed by atoms with Crippen molar-refractivity contribution in [2.45, 2.75) is 110 Å². The van der Waals surface area contributed by atoms with Crippen molar-refractivity contribution in [2.75, 3.05) is 0 Å². The van der Waals surface area contributed by atoms with E-state index < -0.39 is 17.1 Å². The number of fused-ring (bicyclic) bond motifs is 5. The van der Waals surface area contributed by atoms with E-state index in [1.165, 1.54) is 13.8 Å². The highest BCUT2D eigenvalue weighted by atomic mass is 16.5. The fraction of sp³-hybridized carbons (Fsp3) is 0.920. The van der Waals surface area contributed by atoms with Gasteiger partial charge in [-0.2, -0.15) is 0 Å². The molecule has 0 radical (unpaired) electrons. The summed E-state index contributed by atoms with van der Waals surface area (Å²) in [5, 5.41) is 23.7. The van der Waals surface area contributed by atoms with Crippen LogP contribution in [0.25, 0.3) is 0 Å². The van der Waals surface area contributed by atoms with Crippen molar-refractivity contribution >= 4 is 11.9 Å². The summed E-state index contributed by atoms with van der Waals surface area (Å²) < 4.78 is 11.1. The molecule has 2 N–H and O–H groups in total. The third kappa shape index (κ3) is 3.35. The first-order valence-corrected chi connectivity index (χ1v) is 12.2. The quantitative estimate of drug-likeness (QED) is 0.657. The van der Waals surface area contributed by atoms with Crippen LogP contribution >= 0.6 is 0 Å². The van der Waals surface area contributed by atoms with Crippen molar-refractivity contribution in [1.82, 2.24) is 0 Å². The van der Waals surface area contributed by atoms with E-state index >= 15 is 0 Å². The molecule has 4 saturated carbocycles. The van der Waals surface area contributed by atoms with Gasteiger partial charge >= 0.3 is 11.9 Å². The Kier molecular flexibility index (Phi) is 5.74. The molecule has 176 valence electrons.